The zero-order chi connectivity index (χ0) is 17.7. The van der Waals surface area contributed by atoms with Gasteiger partial charge in [-0.1, -0.05) is 37.6 Å². The molecule has 0 aliphatic rings. The monoisotopic (exact) mass is 365 g/mol. The lowest BCUT2D eigenvalue weighted by molar-refractivity contribution is -0.120. The summed E-state index contributed by atoms with van der Waals surface area (Å²) in [5, 5.41) is 6.55. The van der Waals surface area contributed by atoms with E-state index in [1.165, 1.54) is 11.3 Å². The van der Waals surface area contributed by atoms with E-state index in [4.69, 9.17) is 11.6 Å². The van der Waals surface area contributed by atoms with Crippen LogP contribution in [0.1, 0.15) is 30.2 Å². The van der Waals surface area contributed by atoms with Crippen molar-refractivity contribution in [2.75, 3.05) is 12.4 Å². The first-order valence-electron chi connectivity index (χ1n) is 7.62. The predicted octanol–water partition coefficient (Wildman–Crippen LogP) is 3.46. The number of hydrogen-bond acceptors (Lipinski definition) is 4. The van der Waals surface area contributed by atoms with E-state index in [0.717, 1.165) is 10.4 Å². The molecule has 1 atom stereocenters. The van der Waals surface area contributed by atoms with Crippen molar-refractivity contribution in [2.45, 2.75) is 26.2 Å². The first-order valence-corrected chi connectivity index (χ1v) is 8.81. The number of likely N-dealkylation sites (N-methyl/N-ethyl adjacent to an activating group) is 1. The van der Waals surface area contributed by atoms with Crippen molar-refractivity contribution in [1.82, 2.24) is 10.3 Å². The van der Waals surface area contributed by atoms with E-state index in [-0.39, 0.29) is 30.1 Å². The zero-order valence-corrected chi connectivity index (χ0v) is 15.4. The molecule has 5 nitrogen and oxygen atoms in total. The van der Waals surface area contributed by atoms with Crippen LogP contribution in [0.4, 0.5) is 5.13 Å². The van der Waals surface area contributed by atoms with Gasteiger partial charge in [-0.15, -0.1) is 11.3 Å². The Hall–Kier alpha value is -1.92. The third-order valence-electron chi connectivity index (χ3n) is 3.58. The van der Waals surface area contributed by atoms with Crippen molar-refractivity contribution in [2.24, 2.45) is 5.92 Å². The van der Waals surface area contributed by atoms with E-state index in [1.807, 2.05) is 26.0 Å². The fraction of sp³-hybridized carbons (Fsp3) is 0.353. The minimum atomic E-state index is -0.298. The van der Waals surface area contributed by atoms with Gasteiger partial charge >= 0.3 is 0 Å². The summed E-state index contributed by atoms with van der Waals surface area (Å²) in [6, 6.07) is 7.30. The minimum absolute atomic E-state index is 0.0854. The molecule has 0 saturated carbocycles. The summed E-state index contributed by atoms with van der Waals surface area (Å²) in [5.41, 5.74) is 0.911. The first-order chi connectivity index (χ1) is 11.4. The number of carbonyl (C=O) groups excluding carboxylic acids is 2. The van der Waals surface area contributed by atoms with Crippen LogP contribution in [0.15, 0.2) is 30.5 Å². The lowest BCUT2D eigenvalue weighted by Gasteiger charge is -2.20. The van der Waals surface area contributed by atoms with E-state index in [9.17, 15) is 9.59 Å². The quantitative estimate of drug-likeness (QED) is 0.823. The van der Waals surface area contributed by atoms with Gasteiger partial charge < -0.3 is 10.6 Å². The Morgan fingerprint density at radius 2 is 1.92 bits per heavy atom. The number of hydrogen-bond donors (Lipinski definition) is 2. The maximum absolute atomic E-state index is 12.7. The fourth-order valence-electron chi connectivity index (χ4n) is 2.39. The van der Waals surface area contributed by atoms with Crippen molar-refractivity contribution in [3.8, 4) is 0 Å². The van der Waals surface area contributed by atoms with Crippen LogP contribution in [-0.4, -0.2) is 23.8 Å². The second-order valence-electron chi connectivity index (χ2n) is 5.74. The van der Waals surface area contributed by atoms with E-state index in [0.29, 0.717) is 10.2 Å². The number of aromatic nitrogens is 1. The molecule has 128 valence electrons. The molecule has 0 saturated heterocycles. The van der Waals surface area contributed by atoms with Gasteiger partial charge in [0, 0.05) is 23.1 Å². The van der Waals surface area contributed by atoms with Crippen molar-refractivity contribution < 1.29 is 9.59 Å². The SMILES string of the molecule is CNC(=O)Cc1cnc(NC(=O)C(c2ccc(Cl)cc2)C(C)C)s1. The molecular formula is C17H20ClN3O2S. The highest BCUT2D eigenvalue weighted by atomic mass is 35.5. The predicted molar refractivity (Wildman–Crippen MR) is 97.5 cm³/mol. The average Bonchev–Trinajstić information content (AvgIpc) is 2.95. The molecular weight excluding hydrogens is 346 g/mol. The molecule has 0 fully saturated rings. The normalized spacial score (nSPS) is 12.0. The van der Waals surface area contributed by atoms with Crippen LogP contribution in [0.2, 0.25) is 5.02 Å². The smallest absolute Gasteiger partial charge is 0.233 e. The zero-order valence-electron chi connectivity index (χ0n) is 13.8. The molecule has 1 aromatic carbocycles. The third-order valence-corrected chi connectivity index (χ3v) is 4.74. The minimum Gasteiger partial charge on any atom is -0.359 e. The maximum Gasteiger partial charge on any atom is 0.233 e. The Morgan fingerprint density at radius 1 is 1.25 bits per heavy atom. The molecule has 0 aliphatic heterocycles. The average molecular weight is 366 g/mol. The fourth-order valence-corrected chi connectivity index (χ4v) is 3.33. The van der Waals surface area contributed by atoms with Gasteiger partial charge in [-0.2, -0.15) is 0 Å². The molecule has 2 amide bonds. The number of benzene rings is 1. The number of carbonyl (C=O) groups is 2. The molecule has 0 radical (unpaired) electrons. The van der Waals surface area contributed by atoms with E-state index < -0.39 is 0 Å². The highest BCUT2D eigenvalue weighted by Crippen LogP contribution is 2.28. The number of nitrogens with zero attached hydrogens (tertiary/aromatic N) is 1. The number of anilines is 1. The Morgan fingerprint density at radius 3 is 2.50 bits per heavy atom. The Labute approximate surface area is 150 Å². The standard InChI is InChI=1S/C17H20ClN3O2S/c1-10(2)15(11-4-6-12(18)7-5-11)16(23)21-17-20-9-13(24-17)8-14(22)19-3/h4-7,9-10,15H,8H2,1-3H3,(H,19,22)(H,20,21,23). The van der Waals surface area contributed by atoms with Crippen molar-refractivity contribution >= 4 is 39.9 Å². The number of halogens is 1. The Bertz CT molecular complexity index is 713. The largest absolute Gasteiger partial charge is 0.359 e. The van der Waals surface area contributed by atoms with Gasteiger partial charge in [0.1, 0.15) is 0 Å². The van der Waals surface area contributed by atoms with E-state index in [1.54, 1.807) is 25.4 Å². The molecule has 2 aromatic rings. The molecule has 0 bridgehead atoms. The number of thiazole rings is 1. The van der Waals surface area contributed by atoms with Gasteiger partial charge in [0.2, 0.25) is 11.8 Å². The van der Waals surface area contributed by atoms with Crippen molar-refractivity contribution in [1.29, 1.82) is 0 Å². The summed E-state index contributed by atoms with van der Waals surface area (Å²) >= 11 is 7.23. The molecule has 7 heteroatoms. The Kier molecular flexibility index (Phi) is 6.34. The second-order valence-corrected chi connectivity index (χ2v) is 7.30. The highest BCUT2D eigenvalue weighted by Gasteiger charge is 2.25. The van der Waals surface area contributed by atoms with Gasteiger partial charge in [0.15, 0.2) is 5.13 Å². The summed E-state index contributed by atoms with van der Waals surface area (Å²) in [6.07, 6.45) is 1.87. The van der Waals surface area contributed by atoms with Gasteiger partial charge in [0.25, 0.3) is 0 Å². The van der Waals surface area contributed by atoms with E-state index in [2.05, 4.69) is 15.6 Å². The van der Waals surface area contributed by atoms with Crippen molar-refractivity contribution in [3.63, 3.8) is 0 Å². The van der Waals surface area contributed by atoms with Crippen LogP contribution in [-0.2, 0) is 16.0 Å². The molecule has 2 rings (SSSR count). The van der Waals surface area contributed by atoms with E-state index >= 15 is 0 Å². The second kappa shape index (κ2) is 8.26. The maximum atomic E-state index is 12.7. The van der Waals surface area contributed by atoms with Crippen LogP contribution in [0.3, 0.4) is 0 Å². The highest BCUT2D eigenvalue weighted by molar-refractivity contribution is 7.15. The van der Waals surface area contributed by atoms with Crippen LogP contribution in [0, 0.1) is 5.92 Å². The van der Waals surface area contributed by atoms with Crippen molar-refractivity contribution in [3.05, 3.63) is 45.9 Å². The van der Waals surface area contributed by atoms with Crippen LogP contribution >= 0.6 is 22.9 Å². The van der Waals surface area contributed by atoms with Gasteiger partial charge in [-0.05, 0) is 23.6 Å². The molecule has 1 aromatic heterocycles. The van der Waals surface area contributed by atoms with Gasteiger partial charge in [0.05, 0.1) is 12.3 Å². The number of amides is 2. The molecule has 0 spiro atoms. The topological polar surface area (TPSA) is 71.1 Å². The number of nitrogens with one attached hydrogen (secondary N) is 2. The molecule has 24 heavy (non-hydrogen) atoms. The molecule has 2 N–H and O–H groups in total. The summed E-state index contributed by atoms with van der Waals surface area (Å²) in [6.45, 7) is 4.00. The number of rotatable bonds is 6. The van der Waals surface area contributed by atoms with Crippen LogP contribution in [0.25, 0.3) is 0 Å². The molecule has 1 heterocycles. The Balaban J connectivity index is 2.11. The summed E-state index contributed by atoms with van der Waals surface area (Å²) < 4.78 is 0. The summed E-state index contributed by atoms with van der Waals surface area (Å²) in [5.74, 6) is -0.379. The lowest BCUT2D eigenvalue weighted by atomic mass is 9.88. The van der Waals surface area contributed by atoms with Crippen LogP contribution in [0.5, 0.6) is 0 Å². The summed E-state index contributed by atoms with van der Waals surface area (Å²) in [4.78, 5) is 29.0. The molecule has 0 aliphatic carbocycles. The van der Waals surface area contributed by atoms with Crippen LogP contribution < -0.4 is 10.6 Å². The third kappa shape index (κ3) is 4.79. The summed E-state index contributed by atoms with van der Waals surface area (Å²) in [7, 11) is 1.59. The first kappa shape index (κ1) is 18.4. The molecule has 1 unspecified atom stereocenters. The lowest BCUT2D eigenvalue weighted by Crippen LogP contribution is -2.25. The van der Waals surface area contributed by atoms with Gasteiger partial charge in [-0.3, -0.25) is 9.59 Å². The van der Waals surface area contributed by atoms with Gasteiger partial charge in [-0.25, -0.2) is 4.98 Å².